The standard InChI is InChI=1S/C16H15BrO2/c1-12-11-14(17)7-8-16(12)19-10-9-15(18)13-5-3-2-4-6-13/h2-8,11H,9-10H2,1H3. The first-order chi connectivity index (χ1) is 9.16. The Morgan fingerprint density at radius 2 is 1.89 bits per heavy atom. The van der Waals surface area contributed by atoms with Crippen LogP contribution in [-0.2, 0) is 0 Å². The molecule has 0 amide bonds. The molecule has 2 nitrogen and oxygen atoms in total. The summed E-state index contributed by atoms with van der Waals surface area (Å²) in [7, 11) is 0. The lowest BCUT2D eigenvalue weighted by Gasteiger charge is -2.09. The van der Waals surface area contributed by atoms with Crippen molar-refractivity contribution in [2.24, 2.45) is 0 Å². The minimum absolute atomic E-state index is 0.107. The van der Waals surface area contributed by atoms with Crippen molar-refractivity contribution in [2.75, 3.05) is 6.61 Å². The second kappa shape index (κ2) is 6.53. The molecule has 0 spiro atoms. The van der Waals surface area contributed by atoms with Crippen molar-refractivity contribution >= 4 is 21.7 Å². The van der Waals surface area contributed by atoms with E-state index in [2.05, 4.69) is 15.9 Å². The number of ketones is 1. The smallest absolute Gasteiger partial charge is 0.166 e. The van der Waals surface area contributed by atoms with Crippen LogP contribution in [-0.4, -0.2) is 12.4 Å². The Labute approximate surface area is 121 Å². The zero-order valence-electron chi connectivity index (χ0n) is 10.7. The highest BCUT2D eigenvalue weighted by Gasteiger charge is 2.06. The molecule has 0 aromatic heterocycles. The lowest BCUT2D eigenvalue weighted by Crippen LogP contribution is -2.07. The predicted octanol–water partition coefficient (Wildman–Crippen LogP) is 4.41. The van der Waals surface area contributed by atoms with Crippen molar-refractivity contribution in [1.82, 2.24) is 0 Å². The lowest BCUT2D eigenvalue weighted by molar-refractivity contribution is 0.0962. The number of benzene rings is 2. The van der Waals surface area contributed by atoms with Gasteiger partial charge in [-0.2, -0.15) is 0 Å². The molecule has 2 aromatic rings. The van der Waals surface area contributed by atoms with Gasteiger partial charge >= 0.3 is 0 Å². The van der Waals surface area contributed by atoms with Gasteiger partial charge in [0, 0.05) is 16.5 Å². The molecule has 0 fully saturated rings. The van der Waals surface area contributed by atoms with Crippen molar-refractivity contribution in [3.8, 4) is 5.75 Å². The summed E-state index contributed by atoms with van der Waals surface area (Å²) in [5, 5.41) is 0. The highest BCUT2D eigenvalue weighted by molar-refractivity contribution is 9.10. The quantitative estimate of drug-likeness (QED) is 0.763. The van der Waals surface area contributed by atoms with Gasteiger partial charge in [0.25, 0.3) is 0 Å². The molecule has 0 heterocycles. The Bertz CT molecular complexity index is 564. The van der Waals surface area contributed by atoms with Crippen LogP contribution in [0.1, 0.15) is 22.3 Å². The summed E-state index contributed by atoms with van der Waals surface area (Å²) in [4.78, 5) is 11.9. The third kappa shape index (κ3) is 3.93. The Balaban J connectivity index is 1.88. The van der Waals surface area contributed by atoms with E-state index >= 15 is 0 Å². The number of aryl methyl sites for hydroxylation is 1. The number of Topliss-reactive ketones (excluding diaryl/α,β-unsaturated/α-hetero) is 1. The van der Waals surface area contributed by atoms with Crippen LogP contribution in [0.2, 0.25) is 0 Å². The molecule has 0 aliphatic heterocycles. The Morgan fingerprint density at radius 3 is 2.58 bits per heavy atom. The first-order valence-corrected chi connectivity index (χ1v) is 6.93. The third-order valence-electron chi connectivity index (χ3n) is 2.82. The maximum Gasteiger partial charge on any atom is 0.166 e. The molecule has 0 radical (unpaired) electrons. The van der Waals surface area contributed by atoms with Crippen LogP contribution in [0.15, 0.2) is 53.0 Å². The Morgan fingerprint density at radius 1 is 1.16 bits per heavy atom. The summed E-state index contributed by atoms with van der Waals surface area (Å²) in [6.45, 7) is 2.38. The normalized spacial score (nSPS) is 10.2. The zero-order valence-corrected chi connectivity index (χ0v) is 12.3. The number of hydrogen-bond acceptors (Lipinski definition) is 2. The van der Waals surface area contributed by atoms with Gasteiger partial charge in [-0.15, -0.1) is 0 Å². The average Bonchev–Trinajstić information content (AvgIpc) is 2.42. The molecule has 0 saturated carbocycles. The van der Waals surface area contributed by atoms with Crippen LogP contribution < -0.4 is 4.74 Å². The van der Waals surface area contributed by atoms with E-state index in [0.29, 0.717) is 13.0 Å². The molecule has 98 valence electrons. The molecule has 19 heavy (non-hydrogen) atoms. The summed E-state index contributed by atoms with van der Waals surface area (Å²) in [6.07, 6.45) is 0.388. The molecule has 0 unspecified atom stereocenters. The number of carbonyl (C=O) groups is 1. The minimum Gasteiger partial charge on any atom is -0.493 e. The molecule has 0 bridgehead atoms. The fourth-order valence-electron chi connectivity index (χ4n) is 1.80. The van der Waals surface area contributed by atoms with E-state index in [1.54, 1.807) is 0 Å². The zero-order chi connectivity index (χ0) is 13.7. The molecule has 3 heteroatoms. The first-order valence-electron chi connectivity index (χ1n) is 6.14. The van der Waals surface area contributed by atoms with Gasteiger partial charge in [-0.25, -0.2) is 0 Å². The predicted molar refractivity (Wildman–Crippen MR) is 79.8 cm³/mol. The SMILES string of the molecule is Cc1cc(Br)ccc1OCCC(=O)c1ccccc1. The fourth-order valence-corrected chi connectivity index (χ4v) is 2.27. The average molecular weight is 319 g/mol. The summed E-state index contributed by atoms with van der Waals surface area (Å²) in [6, 6.07) is 15.1. The van der Waals surface area contributed by atoms with Crippen LogP contribution in [0.4, 0.5) is 0 Å². The van der Waals surface area contributed by atoms with Crippen LogP contribution >= 0.6 is 15.9 Å². The van der Waals surface area contributed by atoms with Crippen LogP contribution in [0.3, 0.4) is 0 Å². The maximum absolute atomic E-state index is 11.9. The summed E-state index contributed by atoms with van der Waals surface area (Å²) in [5.74, 6) is 0.930. The number of hydrogen-bond donors (Lipinski definition) is 0. The second-order valence-electron chi connectivity index (χ2n) is 4.30. The van der Waals surface area contributed by atoms with Crippen molar-refractivity contribution in [3.05, 3.63) is 64.1 Å². The van der Waals surface area contributed by atoms with Crippen molar-refractivity contribution < 1.29 is 9.53 Å². The monoisotopic (exact) mass is 318 g/mol. The number of carbonyl (C=O) groups excluding carboxylic acids is 1. The van der Waals surface area contributed by atoms with E-state index in [0.717, 1.165) is 21.3 Å². The van der Waals surface area contributed by atoms with Crippen LogP contribution in [0.5, 0.6) is 5.75 Å². The second-order valence-corrected chi connectivity index (χ2v) is 5.21. The van der Waals surface area contributed by atoms with E-state index in [1.165, 1.54) is 0 Å². The largest absolute Gasteiger partial charge is 0.493 e. The van der Waals surface area contributed by atoms with Gasteiger partial charge in [0.05, 0.1) is 6.61 Å². The number of rotatable bonds is 5. The molecule has 0 saturated heterocycles. The molecular weight excluding hydrogens is 304 g/mol. The summed E-state index contributed by atoms with van der Waals surface area (Å²) in [5.41, 5.74) is 1.79. The topological polar surface area (TPSA) is 26.3 Å². The summed E-state index contributed by atoms with van der Waals surface area (Å²) < 4.78 is 6.67. The highest BCUT2D eigenvalue weighted by atomic mass is 79.9. The van der Waals surface area contributed by atoms with E-state index in [-0.39, 0.29) is 5.78 Å². The van der Waals surface area contributed by atoms with E-state index in [4.69, 9.17) is 4.74 Å². The van der Waals surface area contributed by atoms with Gasteiger partial charge < -0.3 is 4.74 Å². The minimum atomic E-state index is 0.107. The molecule has 0 atom stereocenters. The molecule has 2 aromatic carbocycles. The van der Waals surface area contributed by atoms with Crippen molar-refractivity contribution in [3.63, 3.8) is 0 Å². The lowest BCUT2D eigenvalue weighted by atomic mass is 10.1. The van der Waals surface area contributed by atoms with E-state index < -0.39 is 0 Å². The van der Waals surface area contributed by atoms with Crippen LogP contribution in [0.25, 0.3) is 0 Å². The molecule has 0 aliphatic rings. The fraction of sp³-hybridized carbons (Fsp3) is 0.188. The van der Waals surface area contributed by atoms with Crippen molar-refractivity contribution in [2.45, 2.75) is 13.3 Å². The van der Waals surface area contributed by atoms with Crippen LogP contribution in [0, 0.1) is 6.92 Å². The van der Waals surface area contributed by atoms with Gasteiger partial charge in [0.15, 0.2) is 5.78 Å². The Hall–Kier alpha value is -1.61. The van der Waals surface area contributed by atoms with Gasteiger partial charge in [-0.05, 0) is 30.7 Å². The third-order valence-corrected chi connectivity index (χ3v) is 3.31. The number of halogens is 1. The molecule has 2 rings (SSSR count). The first kappa shape index (κ1) is 13.8. The Kier molecular flexibility index (Phi) is 4.74. The molecule has 0 N–H and O–H groups in total. The highest BCUT2D eigenvalue weighted by Crippen LogP contribution is 2.22. The van der Waals surface area contributed by atoms with Gasteiger partial charge in [0.1, 0.15) is 5.75 Å². The maximum atomic E-state index is 11.9. The molecular formula is C16H15BrO2. The summed E-state index contributed by atoms with van der Waals surface area (Å²) >= 11 is 3.41. The van der Waals surface area contributed by atoms with E-state index in [9.17, 15) is 4.79 Å². The van der Waals surface area contributed by atoms with Gasteiger partial charge in [-0.3, -0.25) is 4.79 Å². The van der Waals surface area contributed by atoms with Gasteiger partial charge in [0.2, 0.25) is 0 Å². The van der Waals surface area contributed by atoms with E-state index in [1.807, 2.05) is 55.5 Å². The van der Waals surface area contributed by atoms with Gasteiger partial charge in [-0.1, -0.05) is 46.3 Å². The molecule has 0 aliphatic carbocycles. The van der Waals surface area contributed by atoms with Crippen molar-refractivity contribution in [1.29, 1.82) is 0 Å². The number of ether oxygens (including phenoxy) is 1.